The summed E-state index contributed by atoms with van der Waals surface area (Å²) in [5, 5.41) is 7.15. The number of hydrogen-bond donors (Lipinski definition) is 0. The molecule has 0 bridgehead atoms. The zero-order valence-electron chi connectivity index (χ0n) is 12.2. The Morgan fingerprint density at radius 1 is 1.26 bits per heavy atom. The molecule has 6 heteroatoms. The number of benzene rings is 1. The van der Waals surface area contributed by atoms with Gasteiger partial charge in [-0.05, 0) is 18.2 Å². The topological polar surface area (TPSA) is 42.8 Å². The fourth-order valence-electron chi connectivity index (χ4n) is 1.96. The molecule has 0 aliphatic heterocycles. The number of aromatic nitrogens is 1. The van der Waals surface area contributed by atoms with Gasteiger partial charge in [-0.15, -0.1) is 17.9 Å². The highest BCUT2D eigenvalue weighted by Gasteiger charge is 2.09. The minimum Gasteiger partial charge on any atom is -0.463 e. The summed E-state index contributed by atoms with van der Waals surface area (Å²) in [4.78, 5) is 5.23. The third kappa shape index (κ3) is 3.52. The highest BCUT2D eigenvalue weighted by atomic mass is 35.5. The van der Waals surface area contributed by atoms with E-state index in [1.807, 2.05) is 41.8 Å². The first-order chi connectivity index (χ1) is 11.3. The van der Waals surface area contributed by atoms with E-state index in [1.54, 1.807) is 23.2 Å². The lowest BCUT2D eigenvalue weighted by atomic mass is 10.2. The van der Waals surface area contributed by atoms with Crippen LogP contribution in [0.1, 0.15) is 5.56 Å². The van der Waals surface area contributed by atoms with Crippen molar-refractivity contribution in [2.75, 3.05) is 6.54 Å². The van der Waals surface area contributed by atoms with Crippen molar-refractivity contribution in [3.05, 3.63) is 76.1 Å². The Balaban J connectivity index is 2.07. The van der Waals surface area contributed by atoms with E-state index in [0.29, 0.717) is 11.6 Å². The number of nitrogens with zero attached hydrogens (tertiary/aromatic N) is 3. The lowest BCUT2D eigenvalue weighted by molar-refractivity contribution is 0.575. The average molecular weight is 344 g/mol. The van der Waals surface area contributed by atoms with Gasteiger partial charge in [0.1, 0.15) is 5.69 Å². The molecule has 0 aliphatic rings. The van der Waals surface area contributed by atoms with Gasteiger partial charge in [-0.1, -0.05) is 35.9 Å². The van der Waals surface area contributed by atoms with Crippen LogP contribution in [0.4, 0.5) is 0 Å². The van der Waals surface area contributed by atoms with E-state index in [9.17, 15) is 0 Å². The summed E-state index contributed by atoms with van der Waals surface area (Å²) in [5.74, 6) is 0.734. The first-order valence-electron chi connectivity index (χ1n) is 6.94. The molecular formula is C17H14ClN3OS. The smallest absolute Gasteiger partial charge is 0.206 e. The molecule has 0 fully saturated rings. The Kier molecular flexibility index (Phi) is 4.90. The average Bonchev–Trinajstić information content (AvgIpc) is 3.21. The largest absolute Gasteiger partial charge is 0.463 e. The molecule has 0 N–H and O–H groups in total. The molecule has 23 heavy (non-hydrogen) atoms. The molecule has 116 valence electrons. The Bertz CT molecular complexity index is 891. The van der Waals surface area contributed by atoms with Gasteiger partial charge in [0, 0.05) is 16.0 Å². The normalized spacial score (nSPS) is 12.1. The predicted octanol–water partition coefficient (Wildman–Crippen LogP) is 4.43. The minimum absolute atomic E-state index is 0.528. The lowest BCUT2D eigenvalue weighted by Crippen LogP contribution is -2.12. The van der Waals surface area contributed by atoms with Gasteiger partial charge in [-0.25, -0.2) is 4.68 Å². The molecule has 0 radical (unpaired) electrons. The number of hydrogen-bond acceptors (Lipinski definition) is 4. The van der Waals surface area contributed by atoms with Crippen LogP contribution in [0.15, 0.2) is 75.2 Å². The van der Waals surface area contributed by atoms with Crippen LogP contribution in [0, 0.1) is 0 Å². The van der Waals surface area contributed by atoms with Crippen molar-refractivity contribution < 1.29 is 4.42 Å². The maximum Gasteiger partial charge on any atom is 0.206 e. The van der Waals surface area contributed by atoms with Crippen molar-refractivity contribution in [2.24, 2.45) is 10.1 Å². The minimum atomic E-state index is 0.528. The number of rotatable bonds is 5. The highest BCUT2D eigenvalue weighted by molar-refractivity contribution is 7.07. The fraction of sp³-hybridized carbons (Fsp3) is 0.0588. The van der Waals surface area contributed by atoms with Crippen LogP contribution < -0.4 is 4.80 Å². The first kappa shape index (κ1) is 15.5. The van der Waals surface area contributed by atoms with E-state index < -0.39 is 0 Å². The number of thiazole rings is 1. The Hall–Kier alpha value is -2.37. The van der Waals surface area contributed by atoms with Gasteiger partial charge in [0.25, 0.3) is 0 Å². The van der Waals surface area contributed by atoms with Gasteiger partial charge in [0.05, 0.1) is 19.0 Å². The molecule has 0 aliphatic carbocycles. The summed E-state index contributed by atoms with van der Waals surface area (Å²) in [6.45, 7) is 4.22. The van der Waals surface area contributed by atoms with E-state index >= 15 is 0 Å². The van der Waals surface area contributed by atoms with Crippen LogP contribution in [0.25, 0.3) is 11.5 Å². The van der Waals surface area contributed by atoms with Crippen LogP contribution >= 0.6 is 22.9 Å². The third-order valence-electron chi connectivity index (χ3n) is 3.03. The molecule has 3 aromatic rings. The van der Waals surface area contributed by atoms with Gasteiger partial charge in [-0.2, -0.15) is 5.10 Å². The van der Waals surface area contributed by atoms with Gasteiger partial charge in [0.15, 0.2) is 5.76 Å². The Labute approximate surface area is 142 Å². The van der Waals surface area contributed by atoms with Crippen molar-refractivity contribution in [2.45, 2.75) is 0 Å². The summed E-state index contributed by atoms with van der Waals surface area (Å²) in [5.41, 5.74) is 1.68. The maximum absolute atomic E-state index is 6.17. The molecule has 0 unspecified atom stereocenters. The highest BCUT2D eigenvalue weighted by Crippen LogP contribution is 2.20. The second-order valence-corrected chi connectivity index (χ2v) is 5.83. The predicted molar refractivity (Wildman–Crippen MR) is 95.1 cm³/mol. The molecule has 0 saturated carbocycles. The quantitative estimate of drug-likeness (QED) is 0.499. The van der Waals surface area contributed by atoms with Crippen molar-refractivity contribution in [1.29, 1.82) is 0 Å². The van der Waals surface area contributed by atoms with Crippen LogP contribution in [-0.2, 0) is 0 Å². The molecule has 2 heterocycles. The van der Waals surface area contributed by atoms with E-state index in [-0.39, 0.29) is 0 Å². The monoisotopic (exact) mass is 343 g/mol. The molecular weight excluding hydrogens is 330 g/mol. The van der Waals surface area contributed by atoms with Crippen molar-refractivity contribution in [1.82, 2.24) is 4.68 Å². The molecule has 2 aromatic heterocycles. The van der Waals surface area contributed by atoms with E-state index in [1.165, 1.54) is 11.3 Å². The zero-order valence-corrected chi connectivity index (χ0v) is 13.8. The van der Waals surface area contributed by atoms with Crippen LogP contribution in [0.5, 0.6) is 0 Å². The van der Waals surface area contributed by atoms with Crippen LogP contribution in [0.3, 0.4) is 0 Å². The molecule has 3 rings (SSSR count). The number of furan rings is 1. The van der Waals surface area contributed by atoms with Gasteiger partial charge in [0.2, 0.25) is 4.80 Å². The van der Waals surface area contributed by atoms with Crippen molar-refractivity contribution in [3.8, 4) is 11.5 Å². The van der Waals surface area contributed by atoms with Crippen molar-refractivity contribution >= 4 is 29.2 Å². The van der Waals surface area contributed by atoms with Crippen LogP contribution in [-0.4, -0.2) is 17.4 Å². The Morgan fingerprint density at radius 2 is 2.13 bits per heavy atom. The summed E-state index contributed by atoms with van der Waals surface area (Å²) in [6, 6.07) is 11.3. The molecule has 1 aromatic carbocycles. The SMILES string of the molecule is C=CCN=c1scc(-c2ccco2)n1N=Cc1ccccc1Cl. The van der Waals surface area contributed by atoms with Gasteiger partial charge in [-0.3, -0.25) is 4.99 Å². The van der Waals surface area contributed by atoms with Crippen LogP contribution in [0.2, 0.25) is 5.02 Å². The summed E-state index contributed by atoms with van der Waals surface area (Å²) >= 11 is 7.67. The third-order valence-corrected chi connectivity index (χ3v) is 4.23. The first-order valence-corrected chi connectivity index (χ1v) is 8.20. The van der Waals surface area contributed by atoms with Gasteiger partial charge < -0.3 is 4.42 Å². The molecule has 4 nitrogen and oxygen atoms in total. The van der Waals surface area contributed by atoms with E-state index in [0.717, 1.165) is 21.8 Å². The maximum atomic E-state index is 6.17. The standard InChI is InChI=1S/C17H14ClN3OS/c1-2-9-19-17-21(15(12-23-17)16-8-5-10-22-16)20-11-13-6-3-4-7-14(13)18/h2-8,10-12H,1,9H2. The summed E-state index contributed by atoms with van der Waals surface area (Å²) < 4.78 is 7.22. The second kappa shape index (κ2) is 7.26. The number of halogens is 1. The van der Waals surface area contributed by atoms with E-state index in [2.05, 4.69) is 16.7 Å². The summed E-state index contributed by atoms with van der Waals surface area (Å²) in [6.07, 6.45) is 5.10. The fourth-order valence-corrected chi connectivity index (χ4v) is 2.97. The van der Waals surface area contributed by atoms with Crippen molar-refractivity contribution in [3.63, 3.8) is 0 Å². The Morgan fingerprint density at radius 3 is 2.87 bits per heavy atom. The second-order valence-electron chi connectivity index (χ2n) is 4.59. The van der Waals surface area contributed by atoms with E-state index in [4.69, 9.17) is 16.0 Å². The van der Waals surface area contributed by atoms with Gasteiger partial charge >= 0.3 is 0 Å². The molecule has 0 spiro atoms. The molecule has 0 amide bonds. The lowest BCUT2D eigenvalue weighted by Gasteiger charge is -2.01. The summed E-state index contributed by atoms with van der Waals surface area (Å²) in [7, 11) is 0. The molecule has 0 saturated heterocycles. The molecule has 0 atom stereocenters. The zero-order chi connectivity index (χ0) is 16.1.